The van der Waals surface area contributed by atoms with E-state index in [0.717, 1.165) is 53.4 Å². The van der Waals surface area contributed by atoms with Crippen LogP contribution in [0.25, 0.3) is 27.7 Å². The number of nitrogens with zero attached hydrogens (tertiary/aromatic N) is 4. The summed E-state index contributed by atoms with van der Waals surface area (Å²) in [6, 6.07) is 13.2. The number of carbonyl (C=O) groups excluding carboxylic acids is 1. The number of benzene rings is 3. The highest BCUT2D eigenvalue weighted by Gasteiger charge is 2.25. The highest BCUT2D eigenvalue weighted by Crippen LogP contribution is 2.38. The predicted octanol–water partition coefficient (Wildman–Crippen LogP) is 6.86. The molecular weight excluding hydrogens is 627 g/mol. The number of aryl methyl sites for hydroxylation is 1. The number of carbonyl (C=O) groups is 1. The Morgan fingerprint density at radius 2 is 1.77 bits per heavy atom. The molecule has 0 aliphatic rings. The van der Waals surface area contributed by atoms with Gasteiger partial charge in [0.1, 0.15) is 17.1 Å². The van der Waals surface area contributed by atoms with Crippen molar-refractivity contribution in [3.8, 4) is 34.2 Å². The lowest BCUT2D eigenvalue weighted by Gasteiger charge is -2.17. The Bertz CT molecular complexity index is 2130. The fraction of sp³-hybridized carbons (Fsp3) is 0.125. The summed E-state index contributed by atoms with van der Waals surface area (Å²) in [6.07, 6.45) is -1.70. The highest BCUT2D eigenvalue weighted by molar-refractivity contribution is 6.04. The largest absolute Gasteiger partial charge is 0.454 e. The molecule has 0 bridgehead atoms. The molecule has 0 aliphatic carbocycles. The maximum atomic E-state index is 15.4. The number of amides is 1. The number of anilines is 1. The maximum Gasteiger partial charge on any atom is 0.304 e. The van der Waals surface area contributed by atoms with Crippen molar-refractivity contribution in [3.05, 3.63) is 113 Å². The lowest BCUT2D eigenvalue weighted by molar-refractivity contribution is -0.0701. The summed E-state index contributed by atoms with van der Waals surface area (Å²) in [5, 5.41) is 14.2. The molecule has 0 radical (unpaired) electrons. The van der Waals surface area contributed by atoms with Crippen LogP contribution < -0.4 is 20.3 Å². The van der Waals surface area contributed by atoms with E-state index in [0.29, 0.717) is 28.0 Å². The molecule has 6 aromatic rings. The Morgan fingerprint density at radius 3 is 2.45 bits per heavy atom. The molecule has 3 aromatic carbocycles. The smallest absolute Gasteiger partial charge is 0.304 e. The normalized spacial score (nSPS) is 12.0. The summed E-state index contributed by atoms with van der Waals surface area (Å²) in [4.78, 5) is 26.5. The van der Waals surface area contributed by atoms with E-state index in [4.69, 9.17) is 4.74 Å². The Morgan fingerprint density at radius 1 is 0.979 bits per heavy atom. The molecule has 6 rings (SSSR count). The fourth-order valence-corrected chi connectivity index (χ4v) is 4.83. The summed E-state index contributed by atoms with van der Waals surface area (Å²) in [5.41, 5.74) is 0.382. The van der Waals surface area contributed by atoms with Crippen LogP contribution in [0.15, 0.2) is 90.1 Å². The Balaban J connectivity index is 1.28. The van der Waals surface area contributed by atoms with Gasteiger partial charge < -0.3 is 14.8 Å². The Kier molecular flexibility index (Phi) is 8.44. The molecule has 0 fully saturated rings. The van der Waals surface area contributed by atoms with Gasteiger partial charge in [0.15, 0.2) is 11.6 Å². The number of aromatic amines is 1. The topological polar surface area (TPSA) is 116 Å². The highest BCUT2D eigenvalue weighted by atomic mass is 19.3. The van der Waals surface area contributed by atoms with E-state index in [1.165, 1.54) is 12.1 Å². The van der Waals surface area contributed by atoms with Gasteiger partial charge >= 0.3 is 6.43 Å². The number of halogens is 5. The molecule has 3 heterocycles. The zero-order chi connectivity index (χ0) is 33.2. The molecule has 3 aromatic heterocycles. The second-order valence-corrected chi connectivity index (χ2v) is 10.1. The van der Waals surface area contributed by atoms with Gasteiger partial charge in [0.25, 0.3) is 17.8 Å². The van der Waals surface area contributed by atoms with Crippen LogP contribution in [-0.2, 0) is 6.54 Å². The first-order chi connectivity index (χ1) is 22.6. The average molecular weight is 651 g/mol. The summed E-state index contributed by atoms with van der Waals surface area (Å²) in [7, 11) is 0. The minimum Gasteiger partial charge on any atom is -0.454 e. The van der Waals surface area contributed by atoms with Crippen molar-refractivity contribution >= 4 is 22.5 Å². The van der Waals surface area contributed by atoms with Crippen LogP contribution in [0, 0.1) is 11.6 Å². The molecule has 1 unspecified atom stereocenters. The third-order valence-electron chi connectivity index (χ3n) is 7.07. The van der Waals surface area contributed by atoms with Gasteiger partial charge in [-0.25, -0.2) is 22.1 Å². The summed E-state index contributed by atoms with van der Waals surface area (Å²) < 4.78 is 81.3. The molecule has 1 atom stereocenters. The lowest BCUT2D eigenvalue weighted by atomic mass is 10.1. The van der Waals surface area contributed by atoms with Crippen LogP contribution in [0.5, 0.6) is 17.4 Å². The molecule has 15 heteroatoms. The van der Waals surface area contributed by atoms with Crippen molar-refractivity contribution in [2.24, 2.45) is 0 Å². The van der Waals surface area contributed by atoms with E-state index in [1.54, 1.807) is 29.3 Å². The number of ether oxygens (including phenoxy) is 2. The number of hydrogen-bond acceptors (Lipinski definition) is 6. The first-order valence-electron chi connectivity index (χ1n) is 14.0. The number of hydrogen-bond donors (Lipinski definition) is 2. The Labute approximate surface area is 262 Å². The van der Waals surface area contributed by atoms with Crippen molar-refractivity contribution in [2.75, 3.05) is 5.32 Å². The van der Waals surface area contributed by atoms with Crippen molar-refractivity contribution in [1.82, 2.24) is 24.5 Å². The molecule has 47 heavy (non-hydrogen) atoms. The summed E-state index contributed by atoms with van der Waals surface area (Å²) >= 11 is 0. The van der Waals surface area contributed by atoms with Gasteiger partial charge in [-0.05, 0) is 61.5 Å². The Hall–Kier alpha value is -5.99. The number of alkyl halides is 3. The molecule has 0 saturated heterocycles. The van der Waals surface area contributed by atoms with Crippen molar-refractivity contribution in [3.63, 3.8) is 0 Å². The van der Waals surface area contributed by atoms with Crippen molar-refractivity contribution in [2.45, 2.75) is 26.3 Å². The lowest BCUT2D eigenvalue weighted by Crippen LogP contribution is -2.31. The van der Waals surface area contributed by atoms with Gasteiger partial charge in [-0.2, -0.15) is 14.6 Å². The molecule has 240 valence electrons. The van der Waals surface area contributed by atoms with E-state index in [-0.39, 0.29) is 17.1 Å². The monoisotopic (exact) mass is 650 g/mol. The zero-order valence-electron chi connectivity index (χ0n) is 24.3. The molecule has 2 N–H and O–H groups in total. The van der Waals surface area contributed by atoms with Gasteiger partial charge in [0.2, 0.25) is 5.88 Å². The van der Waals surface area contributed by atoms with Gasteiger partial charge in [0, 0.05) is 47.1 Å². The van der Waals surface area contributed by atoms with Gasteiger partial charge in [-0.1, -0.05) is 0 Å². The van der Waals surface area contributed by atoms with Gasteiger partial charge in [0.05, 0.1) is 23.6 Å². The van der Waals surface area contributed by atoms with E-state index < -0.39 is 47.3 Å². The van der Waals surface area contributed by atoms with E-state index in [9.17, 15) is 27.2 Å². The number of rotatable bonds is 10. The van der Waals surface area contributed by atoms with Crippen LogP contribution in [0.2, 0.25) is 0 Å². The quantitative estimate of drug-likeness (QED) is 0.157. The zero-order valence-corrected chi connectivity index (χ0v) is 24.3. The van der Waals surface area contributed by atoms with Crippen molar-refractivity contribution in [1.29, 1.82) is 0 Å². The first kappa shape index (κ1) is 31.0. The number of nitrogens with one attached hydrogen (secondary N) is 2. The van der Waals surface area contributed by atoms with Crippen LogP contribution in [0.4, 0.5) is 27.6 Å². The second kappa shape index (κ2) is 12.8. The van der Waals surface area contributed by atoms with Crippen LogP contribution in [-0.4, -0.2) is 43.2 Å². The molecule has 0 saturated carbocycles. The van der Waals surface area contributed by atoms with E-state index in [1.807, 2.05) is 13.0 Å². The third-order valence-corrected chi connectivity index (χ3v) is 7.07. The number of pyridine rings is 1. The summed E-state index contributed by atoms with van der Waals surface area (Å²) in [5.74, 6) is -3.04. The number of aromatic nitrogens is 5. The molecule has 10 nitrogen and oxygen atoms in total. The molecule has 0 spiro atoms. The SMILES string of the molecule is CCn1ncc2cc(Oc3ccc(NC(=O)c4ccc(OC(F)C(F)F)n(-c5ccc(F)cc5)c4=O)cc3F)c(-c3cn[nH]c3)cc21. The van der Waals surface area contributed by atoms with Crippen LogP contribution in [0.1, 0.15) is 17.3 Å². The standard InChI is InChI=1S/C32H23F5N6O4/c1-2-42-25-13-23(18-14-38-39-15-18)27(11-17(25)16-40-42)46-26-9-5-20(12-24(26)34)41-31(44)22-8-10-28(47-30(37)29(35)36)43(32(22)45)21-6-3-19(33)4-7-21/h3-16,29-30H,2H2,1H3,(H,38,39)(H,41,44). The van der Waals surface area contributed by atoms with Gasteiger partial charge in [-0.15, -0.1) is 0 Å². The average Bonchev–Trinajstić information content (AvgIpc) is 3.73. The number of fused-ring (bicyclic) bond motifs is 1. The fourth-order valence-electron chi connectivity index (χ4n) is 4.83. The molecular formula is C32H23F5N6O4. The summed E-state index contributed by atoms with van der Waals surface area (Å²) in [6.45, 7) is 2.58. The third kappa shape index (κ3) is 6.27. The molecule has 1 amide bonds. The van der Waals surface area contributed by atoms with Crippen LogP contribution in [0.3, 0.4) is 0 Å². The second-order valence-electron chi connectivity index (χ2n) is 10.1. The number of H-pyrrole nitrogens is 1. The van der Waals surface area contributed by atoms with E-state index in [2.05, 4.69) is 25.3 Å². The molecule has 0 aliphatic heterocycles. The van der Waals surface area contributed by atoms with Crippen molar-refractivity contribution < 1.29 is 36.2 Å². The predicted molar refractivity (Wildman–Crippen MR) is 161 cm³/mol. The minimum atomic E-state index is -3.53. The minimum absolute atomic E-state index is 0.0517. The van der Waals surface area contributed by atoms with Crippen LogP contribution >= 0.6 is 0 Å². The maximum absolute atomic E-state index is 15.4. The van der Waals surface area contributed by atoms with Gasteiger partial charge in [-0.3, -0.25) is 19.4 Å². The first-order valence-corrected chi connectivity index (χ1v) is 14.0. The van der Waals surface area contributed by atoms with E-state index >= 15 is 4.39 Å².